The van der Waals surface area contributed by atoms with Crippen molar-refractivity contribution >= 4 is 0 Å². The highest BCUT2D eigenvalue weighted by Gasteiger charge is 2.22. The average Bonchev–Trinajstić information content (AvgIpc) is 2.98. The molecule has 0 bridgehead atoms. The van der Waals surface area contributed by atoms with Crippen molar-refractivity contribution in [3.05, 3.63) is 24.9 Å². The van der Waals surface area contributed by atoms with Crippen molar-refractivity contribution in [2.45, 2.75) is 37.8 Å². The summed E-state index contributed by atoms with van der Waals surface area (Å²) >= 11 is 0. The first-order valence-electron chi connectivity index (χ1n) is 6.50. The number of imidazole rings is 1. The number of nitrogens with zero attached hydrogens (tertiary/aromatic N) is 4. The van der Waals surface area contributed by atoms with E-state index in [9.17, 15) is 0 Å². The van der Waals surface area contributed by atoms with E-state index in [2.05, 4.69) is 14.6 Å². The molecule has 5 heteroatoms. The lowest BCUT2D eigenvalue weighted by Crippen LogP contribution is -2.27. The largest absolute Gasteiger partial charge is 0.328 e. The molecule has 1 saturated carbocycles. The molecule has 0 radical (unpaired) electrons. The fourth-order valence-corrected chi connectivity index (χ4v) is 2.75. The van der Waals surface area contributed by atoms with Crippen molar-refractivity contribution in [3.8, 4) is 11.3 Å². The molecule has 0 amide bonds. The molecule has 18 heavy (non-hydrogen) atoms. The third kappa shape index (κ3) is 2.06. The number of hydrogen-bond donors (Lipinski definition) is 1. The quantitative estimate of drug-likeness (QED) is 0.876. The van der Waals surface area contributed by atoms with E-state index >= 15 is 0 Å². The van der Waals surface area contributed by atoms with Crippen molar-refractivity contribution in [2.75, 3.05) is 0 Å². The minimum absolute atomic E-state index is 0.381. The smallest absolute Gasteiger partial charge is 0.0953 e. The Kier molecular flexibility index (Phi) is 2.91. The molecule has 1 aliphatic carbocycles. The summed E-state index contributed by atoms with van der Waals surface area (Å²) < 4.78 is 4.10. The molecule has 2 aromatic rings. The maximum atomic E-state index is 5.96. The van der Waals surface area contributed by atoms with Crippen LogP contribution in [-0.4, -0.2) is 25.4 Å². The summed E-state index contributed by atoms with van der Waals surface area (Å²) in [6.07, 6.45) is 12.3. The third-order valence-electron chi connectivity index (χ3n) is 3.80. The monoisotopic (exact) mass is 245 g/mol. The van der Waals surface area contributed by atoms with Crippen LogP contribution in [0.5, 0.6) is 0 Å². The van der Waals surface area contributed by atoms with E-state index in [-0.39, 0.29) is 0 Å². The van der Waals surface area contributed by atoms with Gasteiger partial charge in [-0.3, -0.25) is 4.68 Å². The Morgan fingerprint density at radius 3 is 2.67 bits per heavy atom. The fourth-order valence-electron chi connectivity index (χ4n) is 2.75. The standard InChI is InChI=1S/C13H19N5/c1-17-8-10(6-16-17)13-7-15-9-18(13)12-4-2-11(14)3-5-12/h6-9,11-12H,2-5,14H2,1H3. The van der Waals surface area contributed by atoms with E-state index in [1.165, 1.54) is 0 Å². The zero-order valence-corrected chi connectivity index (χ0v) is 10.7. The van der Waals surface area contributed by atoms with E-state index in [4.69, 9.17) is 5.73 Å². The molecule has 0 unspecified atom stereocenters. The molecule has 0 aromatic carbocycles. The summed E-state index contributed by atoms with van der Waals surface area (Å²) in [6.45, 7) is 0. The minimum atomic E-state index is 0.381. The van der Waals surface area contributed by atoms with Crippen LogP contribution in [0.3, 0.4) is 0 Å². The van der Waals surface area contributed by atoms with Gasteiger partial charge in [-0.1, -0.05) is 0 Å². The number of hydrogen-bond acceptors (Lipinski definition) is 3. The van der Waals surface area contributed by atoms with Gasteiger partial charge in [0.1, 0.15) is 0 Å². The van der Waals surface area contributed by atoms with Crippen LogP contribution in [0.25, 0.3) is 11.3 Å². The lowest BCUT2D eigenvalue weighted by atomic mass is 9.91. The van der Waals surface area contributed by atoms with E-state index in [0.29, 0.717) is 12.1 Å². The Balaban J connectivity index is 1.87. The predicted octanol–water partition coefficient (Wildman–Crippen LogP) is 1.73. The molecule has 0 atom stereocenters. The van der Waals surface area contributed by atoms with E-state index in [1.807, 2.05) is 36.6 Å². The molecule has 1 fully saturated rings. The second-order valence-electron chi connectivity index (χ2n) is 5.16. The van der Waals surface area contributed by atoms with Gasteiger partial charge in [-0.15, -0.1) is 0 Å². The normalized spacial score (nSPS) is 24.3. The highest BCUT2D eigenvalue weighted by Crippen LogP contribution is 2.31. The highest BCUT2D eigenvalue weighted by atomic mass is 15.2. The summed E-state index contributed by atoms with van der Waals surface area (Å²) in [5, 5.41) is 4.23. The molecular formula is C13H19N5. The number of rotatable bonds is 2. The maximum Gasteiger partial charge on any atom is 0.0953 e. The maximum absolute atomic E-state index is 5.96. The predicted molar refractivity (Wildman–Crippen MR) is 69.9 cm³/mol. The van der Waals surface area contributed by atoms with Gasteiger partial charge in [0.2, 0.25) is 0 Å². The third-order valence-corrected chi connectivity index (χ3v) is 3.80. The summed E-state index contributed by atoms with van der Waals surface area (Å²) in [7, 11) is 1.93. The van der Waals surface area contributed by atoms with E-state index < -0.39 is 0 Å². The van der Waals surface area contributed by atoms with Gasteiger partial charge in [-0.2, -0.15) is 5.10 Å². The van der Waals surface area contributed by atoms with Crippen molar-refractivity contribution in [1.29, 1.82) is 0 Å². The summed E-state index contributed by atoms with van der Waals surface area (Å²) in [5.41, 5.74) is 8.25. The van der Waals surface area contributed by atoms with Crippen LogP contribution in [-0.2, 0) is 7.05 Å². The molecule has 0 aliphatic heterocycles. The molecule has 1 aliphatic rings. The molecule has 0 spiro atoms. The van der Waals surface area contributed by atoms with Crippen LogP contribution in [0.15, 0.2) is 24.9 Å². The van der Waals surface area contributed by atoms with Gasteiger partial charge in [-0.05, 0) is 25.7 Å². The molecule has 2 aromatic heterocycles. The molecule has 5 nitrogen and oxygen atoms in total. The number of nitrogens with two attached hydrogens (primary N) is 1. The van der Waals surface area contributed by atoms with Gasteiger partial charge in [0.25, 0.3) is 0 Å². The molecule has 0 saturated heterocycles. The van der Waals surface area contributed by atoms with E-state index in [0.717, 1.165) is 36.9 Å². The van der Waals surface area contributed by atoms with Crippen LogP contribution in [0.4, 0.5) is 0 Å². The second kappa shape index (κ2) is 4.57. The van der Waals surface area contributed by atoms with Gasteiger partial charge >= 0.3 is 0 Å². The minimum Gasteiger partial charge on any atom is -0.328 e. The Bertz CT molecular complexity index is 519. The second-order valence-corrected chi connectivity index (χ2v) is 5.16. The van der Waals surface area contributed by atoms with Crippen LogP contribution in [0.1, 0.15) is 31.7 Å². The zero-order valence-electron chi connectivity index (χ0n) is 10.7. The van der Waals surface area contributed by atoms with Crippen LogP contribution in [0.2, 0.25) is 0 Å². The SMILES string of the molecule is Cn1cc(-c2cncn2C2CCC(N)CC2)cn1. The average molecular weight is 245 g/mol. The fraction of sp³-hybridized carbons (Fsp3) is 0.538. The van der Waals surface area contributed by atoms with Gasteiger partial charge in [-0.25, -0.2) is 4.98 Å². The van der Waals surface area contributed by atoms with Crippen molar-refractivity contribution in [2.24, 2.45) is 12.8 Å². The van der Waals surface area contributed by atoms with Gasteiger partial charge in [0, 0.05) is 30.9 Å². The number of aromatic nitrogens is 4. The zero-order chi connectivity index (χ0) is 12.5. The Hall–Kier alpha value is -1.62. The van der Waals surface area contributed by atoms with Crippen LogP contribution < -0.4 is 5.73 Å². The van der Waals surface area contributed by atoms with Gasteiger partial charge < -0.3 is 10.3 Å². The van der Waals surface area contributed by atoms with Crippen LogP contribution in [0, 0.1) is 0 Å². The Morgan fingerprint density at radius 1 is 1.22 bits per heavy atom. The summed E-state index contributed by atoms with van der Waals surface area (Å²) in [6, 6.07) is 0.911. The molecule has 3 rings (SSSR count). The highest BCUT2D eigenvalue weighted by molar-refractivity contribution is 5.56. The first kappa shape index (κ1) is 11.5. The molecule has 2 N–H and O–H groups in total. The lowest BCUT2D eigenvalue weighted by molar-refractivity contribution is 0.325. The first-order chi connectivity index (χ1) is 8.74. The lowest BCUT2D eigenvalue weighted by Gasteiger charge is -2.28. The first-order valence-corrected chi connectivity index (χ1v) is 6.50. The Morgan fingerprint density at radius 2 is 2.00 bits per heavy atom. The number of aryl methyl sites for hydroxylation is 1. The van der Waals surface area contributed by atoms with Crippen LogP contribution >= 0.6 is 0 Å². The molecule has 96 valence electrons. The topological polar surface area (TPSA) is 61.7 Å². The summed E-state index contributed by atoms with van der Waals surface area (Å²) in [5.74, 6) is 0. The van der Waals surface area contributed by atoms with Crippen molar-refractivity contribution in [3.63, 3.8) is 0 Å². The van der Waals surface area contributed by atoms with Gasteiger partial charge in [0.05, 0.1) is 24.4 Å². The summed E-state index contributed by atoms with van der Waals surface area (Å²) in [4.78, 5) is 4.30. The van der Waals surface area contributed by atoms with Crippen molar-refractivity contribution < 1.29 is 0 Å². The van der Waals surface area contributed by atoms with E-state index in [1.54, 1.807) is 0 Å². The van der Waals surface area contributed by atoms with Crippen molar-refractivity contribution in [1.82, 2.24) is 19.3 Å². The molecule has 2 heterocycles. The van der Waals surface area contributed by atoms with Gasteiger partial charge in [0.15, 0.2) is 0 Å². The molecular weight excluding hydrogens is 226 g/mol. The Labute approximate surface area is 107 Å².